The number of carbonyl (C=O) groups excluding carboxylic acids is 2. The predicted molar refractivity (Wildman–Crippen MR) is 124 cm³/mol. The van der Waals surface area contributed by atoms with Crippen molar-refractivity contribution in [2.24, 2.45) is 5.92 Å². The summed E-state index contributed by atoms with van der Waals surface area (Å²) in [4.78, 5) is 29.7. The Hall–Kier alpha value is -2.67. The molecule has 34 heavy (non-hydrogen) atoms. The van der Waals surface area contributed by atoms with Gasteiger partial charge in [-0.05, 0) is 67.6 Å². The third-order valence-corrected chi connectivity index (χ3v) is 7.26. The number of carbonyl (C=O) groups is 2. The summed E-state index contributed by atoms with van der Waals surface area (Å²) in [6, 6.07) is 5.70. The van der Waals surface area contributed by atoms with Crippen molar-refractivity contribution < 1.29 is 22.8 Å². The molecule has 1 saturated heterocycles. The van der Waals surface area contributed by atoms with E-state index >= 15 is 0 Å². The van der Waals surface area contributed by atoms with Crippen LogP contribution in [-0.2, 0) is 17.8 Å². The molecule has 4 rings (SSSR count). The van der Waals surface area contributed by atoms with Crippen LogP contribution in [0.1, 0.15) is 59.7 Å². The van der Waals surface area contributed by atoms with Gasteiger partial charge in [0, 0.05) is 50.6 Å². The smallest absolute Gasteiger partial charge is 0.226 e. The molecule has 2 aromatic rings. The number of benzene rings is 2. The highest BCUT2D eigenvalue weighted by molar-refractivity contribution is 5.97. The van der Waals surface area contributed by atoms with E-state index in [1.807, 2.05) is 11.8 Å². The van der Waals surface area contributed by atoms with Crippen LogP contribution in [-0.4, -0.2) is 47.2 Å². The Balaban J connectivity index is 1.44. The molecule has 0 aromatic heterocycles. The zero-order valence-electron chi connectivity index (χ0n) is 19.8. The van der Waals surface area contributed by atoms with Gasteiger partial charge in [-0.3, -0.25) is 14.5 Å². The topological polar surface area (TPSA) is 40.6 Å². The monoisotopic (exact) mass is 472 g/mol. The van der Waals surface area contributed by atoms with Crippen LogP contribution in [0.2, 0.25) is 0 Å². The average molecular weight is 473 g/mol. The number of rotatable bonds is 6. The average Bonchev–Trinajstić information content (AvgIpc) is 3.31. The van der Waals surface area contributed by atoms with Crippen molar-refractivity contribution in [3.8, 4) is 0 Å². The van der Waals surface area contributed by atoms with Gasteiger partial charge in [0.2, 0.25) is 5.91 Å². The minimum absolute atomic E-state index is 0.0817. The molecule has 1 amide bonds. The fourth-order valence-electron chi connectivity index (χ4n) is 5.28. The molecule has 0 N–H and O–H groups in total. The van der Waals surface area contributed by atoms with E-state index in [0.29, 0.717) is 37.8 Å². The van der Waals surface area contributed by atoms with Gasteiger partial charge in [0.05, 0.1) is 5.56 Å². The molecule has 1 heterocycles. The highest BCUT2D eigenvalue weighted by Crippen LogP contribution is 2.28. The van der Waals surface area contributed by atoms with E-state index in [1.165, 1.54) is 12.1 Å². The van der Waals surface area contributed by atoms with Crippen LogP contribution >= 0.6 is 0 Å². The molecule has 1 aliphatic carbocycles. The zero-order valence-corrected chi connectivity index (χ0v) is 19.8. The summed E-state index contributed by atoms with van der Waals surface area (Å²) in [6.07, 6.45) is 4.05. The van der Waals surface area contributed by atoms with Crippen molar-refractivity contribution in [3.05, 3.63) is 70.0 Å². The first kappa shape index (κ1) is 24.5. The predicted octanol–water partition coefficient (Wildman–Crippen LogP) is 5.06. The van der Waals surface area contributed by atoms with Crippen LogP contribution in [0.4, 0.5) is 13.2 Å². The van der Waals surface area contributed by atoms with Crippen LogP contribution in [0.5, 0.6) is 0 Å². The molecule has 1 saturated carbocycles. The second-order valence-electron chi connectivity index (χ2n) is 9.67. The van der Waals surface area contributed by atoms with E-state index in [4.69, 9.17) is 0 Å². The Morgan fingerprint density at radius 2 is 1.68 bits per heavy atom. The minimum Gasteiger partial charge on any atom is -0.337 e. The molecule has 0 radical (unpaired) electrons. The van der Waals surface area contributed by atoms with E-state index in [1.54, 1.807) is 0 Å². The number of halogens is 3. The van der Waals surface area contributed by atoms with Crippen molar-refractivity contribution in [3.63, 3.8) is 0 Å². The summed E-state index contributed by atoms with van der Waals surface area (Å²) < 4.78 is 41.7. The number of ketones is 1. The lowest BCUT2D eigenvalue weighted by molar-refractivity contribution is -0.140. The van der Waals surface area contributed by atoms with Crippen LogP contribution < -0.4 is 0 Å². The first-order valence-corrected chi connectivity index (χ1v) is 12.0. The summed E-state index contributed by atoms with van der Waals surface area (Å²) in [5, 5.41) is 0. The molecule has 2 aromatic carbocycles. The first-order chi connectivity index (χ1) is 16.2. The molecular formula is C27H31F3N2O2. The lowest BCUT2D eigenvalue weighted by Gasteiger charge is -2.41. The Labute approximate surface area is 198 Å². The first-order valence-electron chi connectivity index (χ1n) is 12.0. The summed E-state index contributed by atoms with van der Waals surface area (Å²) in [6.45, 7) is 6.45. The van der Waals surface area contributed by atoms with Gasteiger partial charge >= 0.3 is 0 Å². The van der Waals surface area contributed by atoms with Gasteiger partial charge < -0.3 is 4.90 Å². The largest absolute Gasteiger partial charge is 0.337 e. The molecule has 0 bridgehead atoms. The molecule has 1 atom stereocenters. The van der Waals surface area contributed by atoms with Crippen molar-refractivity contribution in [1.82, 2.24) is 9.80 Å². The molecule has 4 nitrogen and oxygen atoms in total. The van der Waals surface area contributed by atoms with Gasteiger partial charge in [-0.2, -0.15) is 0 Å². The Kier molecular flexibility index (Phi) is 7.41. The molecule has 0 spiro atoms. The number of hydrogen-bond donors (Lipinski definition) is 0. The number of hydrogen-bond acceptors (Lipinski definition) is 3. The lowest BCUT2D eigenvalue weighted by atomic mass is 9.95. The maximum absolute atomic E-state index is 14.5. The Morgan fingerprint density at radius 1 is 0.971 bits per heavy atom. The van der Waals surface area contributed by atoms with Crippen LogP contribution in [0.25, 0.3) is 0 Å². The minimum atomic E-state index is -0.918. The zero-order chi connectivity index (χ0) is 24.4. The van der Waals surface area contributed by atoms with Crippen LogP contribution in [0, 0.1) is 30.3 Å². The molecule has 7 heteroatoms. The third-order valence-electron chi connectivity index (χ3n) is 7.26. The molecular weight excluding hydrogens is 441 g/mol. The summed E-state index contributed by atoms with van der Waals surface area (Å²) >= 11 is 0. The van der Waals surface area contributed by atoms with Gasteiger partial charge in [-0.1, -0.05) is 12.8 Å². The highest BCUT2D eigenvalue weighted by atomic mass is 19.1. The SMILES string of the molecule is Cc1c(CC(=O)c2ccc(F)cc2F)cc(F)cc1CN1CCN(C(=O)C2CCCC2)[C@@H](C)C1. The number of amides is 1. The van der Waals surface area contributed by atoms with E-state index in [2.05, 4.69) is 11.8 Å². The Bertz CT molecular complexity index is 1080. The van der Waals surface area contributed by atoms with Gasteiger partial charge in [-0.25, -0.2) is 13.2 Å². The van der Waals surface area contributed by atoms with Crippen molar-refractivity contribution in [1.29, 1.82) is 0 Å². The maximum atomic E-state index is 14.5. The van der Waals surface area contributed by atoms with Crippen LogP contribution in [0.3, 0.4) is 0 Å². The molecule has 1 aliphatic heterocycles. The van der Waals surface area contributed by atoms with Gasteiger partial charge in [0.15, 0.2) is 5.78 Å². The normalized spacial score (nSPS) is 19.6. The fraction of sp³-hybridized carbons (Fsp3) is 0.481. The molecule has 182 valence electrons. The summed E-state index contributed by atoms with van der Waals surface area (Å²) in [5.41, 5.74) is 1.84. The third kappa shape index (κ3) is 5.35. The summed E-state index contributed by atoms with van der Waals surface area (Å²) in [5.74, 6) is -2.22. The second kappa shape index (κ2) is 10.3. The molecule has 2 fully saturated rings. The summed E-state index contributed by atoms with van der Waals surface area (Å²) in [7, 11) is 0. The number of Topliss-reactive ketones (excluding diaryl/α,β-unsaturated/α-hetero) is 1. The van der Waals surface area contributed by atoms with Crippen LogP contribution in [0.15, 0.2) is 30.3 Å². The molecule has 2 aliphatic rings. The van der Waals surface area contributed by atoms with Crippen molar-refractivity contribution in [2.45, 2.75) is 58.5 Å². The lowest BCUT2D eigenvalue weighted by Crippen LogP contribution is -2.54. The number of piperazine rings is 1. The number of nitrogens with zero attached hydrogens (tertiary/aromatic N) is 2. The Morgan fingerprint density at radius 3 is 2.35 bits per heavy atom. The van der Waals surface area contributed by atoms with Crippen molar-refractivity contribution >= 4 is 11.7 Å². The van der Waals surface area contributed by atoms with E-state index < -0.39 is 23.2 Å². The quantitative estimate of drug-likeness (QED) is 0.552. The van der Waals surface area contributed by atoms with Gasteiger partial charge in [-0.15, -0.1) is 0 Å². The standard InChI is InChI=1S/C27H31F3N2O2/c1-17-15-31(9-10-32(17)27(34)19-5-3-4-6-19)16-21-12-23(29)11-20(18(21)2)13-26(33)24-8-7-22(28)14-25(24)30/h7-8,11-12,14,17,19H,3-6,9-10,13,15-16H2,1-2H3/t17-/m0/s1. The van der Waals surface area contributed by atoms with Crippen molar-refractivity contribution in [2.75, 3.05) is 19.6 Å². The van der Waals surface area contributed by atoms with E-state index in [9.17, 15) is 22.8 Å². The maximum Gasteiger partial charge on any atom is 0.226 e. The molecule has 0 unspecified atom stereocenters. The van der Waals surface area contributed by atoms with E-state index in [0.717, 1.165) is 48.9 Å². The van der Waals surface area contributed by atoms with Gasteiger partial charge in [0.25, 0.3) is 0 Å². The van der Waals surface area contributed by atoms with Gasteiger partial charge in [0.1, 0.15) is 17.5 Å². The fourth-order valence-corrected chi connectivity index (χ4v) is 5.28. The van der Waals surface area contributed by atoms with E-state index in [-0.39, 0.29) is 29.9 Å². The second-order valence-corrected chi connectivity index (χ2v) is 9.67. The highest BCUT2D eigenvalue weighted by Gasteiger charge is 2.33.